The first-order valence-corrected chi connectivity index (χ1v) is 6.82. The van der Waals surface area contributed by atoms with E-state index in [0.29, 0.717) is 11.4 Å². The number of rotatable bonds is 2. The van der Waals surface area contributed by atoms with Crippen LogP contribution in [0.15, 0.2) is 18.2 Å². The van der Waals surface area contributed by atoms with Crippen molar-refractivity contribution < 1.29 is 14.3 Å². The summed E-state index contributed by atoms with van der Waals surface area (Å²) in [4.78, 5) is 26.1. The molecule has 1 aliphatic rings. The topological polar surface area (TPSA) is 46.6 Å². The van der Waals surface area contributed by atoms with Crippen molar-refractivity contribution in [1.82, 2.24) is 0 Å². The van der Waals surface area contributed by atoms with Gasteiger partial charge in [0.1, 0.15) is 5.75 Å². The van der Waals surface area contributed by atoms with Gasteiger partial charge in [-0.05, 0) is 31.5 Å². The molecule has 1 aliphatic heterocycles. The predicted molar refractivity (Wildman–Crippen MR) is 78.1 cm³/mol. The van der Waals surface area contributed by atoms with Crippen molar-refractivity contribution in [3.05, 3.63) is 23.8 Å². The first-order valence-electron chi connectivity index (χ1n) is 6.82. The Kier molecular flexibility index (Phi) is 3.59. The van der Waals surface area contributed by atoms with Gasteiger partial charge in [-0.1, -0.05) is 26.8 Å². The van der Waals surface area contributed by atoms with E-state index in [1.54, 1.807) is 11.8 Å². The number of ketones is 1. The molecule has 1 atom stereocenters. The molecule has 1 amide bonds. The normalized spacial score (nSPS) is 18.6. The molecule has 0 saturated heterocycles. The molecule has 108 valence electrons. The Morgan fingerprint density at radius 3 is 2.60 bits per heavy atom. The highest BCUT2D eigenvalue weighted by atomic mass is 16.5. The second-order valence-electron chi connectivity index (χ2n) is 6.33. The highest BCUT2D eigenvalue weighted by molar-refractivity contribution is 6.04. The second kappa shape index (κ2) is 4.93. The number of carbonyl (C=O) groups is 2. The lowest BCUT2D eigenvalue weighted by molar-refractivity contribution is -0.130. The molecule has 2 rings (SSSR count). The van der Waals surface area contributed by atoms with Gasteiger partial charge in [0.25, 0.3) is 5.91 Å². The first-order chi connectivity index (χ1) is 9.20. The predicted octanol–water partition coefficient (Wildman–Crippen LogP) is 2.72. The smallest absolute Gasteiger partial charge is 0.268 e. The Balaban J connectivity index is 2.39. The Bertz CT molecular complexity index is 557. The Labute approximate surface area is 119 Å². The van der Waals surface area contributed by atoms with E-state index in [4.69, 9.17) is 4.74 Å². The standard InChI is InChI=1S/C16H21NO3/c1-10-6-7-13-12(8-10)17(15(19)11(2)20-13)9-14(18)16(3,4)5/h6-8,11H,9H2,1-5H3. The fourth-order valence-corrected chi connectivity index (χ4v) is 2.06. The van der Waals surface area contributed by atoms with Crippen LogP contribution in [0.2, 0.25) is 0 Å². The summed E-state index contributed by atoms with van der Waals surface area (Å²) in [7, 11) is 0. The van der Waals surface area contributed by atoms with Gasteiger partial charge in [0, 0.05) is 5.41 Å². The average molecular weight is 275 g/mol. The van der Waals surface area contributed by atoms with Crippen molar-refractivity contribution in [2.75, 3.05) is 11.4 Å². The molecule has 20 heavy (non-hydrogen) atoms. The summed E-state index contributed by atoms with van der Waals surface area (Å²) in [6.45, 7) is 9.33. The molecule has 1 aromatic rings. The van der Waals surface area contributed by atoms with Gasteiger partial charge in [0.05, 0.1) is 12.2 Å². The summed E-state index contributed by atoms with van der Waals surface area (Å²) in [5.74, 6) is 0.525. The SMILES string of the molecule is Cc1ccc2c(c1)N(CC(=O)C(C)(C)C)C(=O)C(C)O2. The zero-order valence-electron chi connectivity index (χ0n) is 12.7. The summed E-state index contributed by atoms with van der Waals surface area (Å²) in [5.41, 5.74) is 1.25. The molecule has 0 bridgehead atoms. The molecule has 1 unspecified atom stereocenters. The summed E-state index contributed by atoms with van der Waals surface area (Å²) in [6, 6.07) is 5.67. The van der Waals surface area contributed by atoms with E-state index >= 15 is 0 Å². The van der Waals surface area contributed by atoms with Crippen molar-refractivity contribution in [3.8, 4) is 5.75 Å². The van der Waals surface area contributed by atoms with Gasteiger partial charge in [-0.2, -0.15) is 0 Å². The number of Topliss-reactive ketones (excluding diaryl/α,β-unsaturated/α-hetero) is 1. The Morgan fingerprint density at radius 2 is 2.00 bits per heavy atom. The van der Waals surface area contributed by atoms with Crippen molar-refractivity contribution in [1.29, 1.82) is 0 Å². The third-order valence-corrected chi connectivity index (χ3v) is 3.46. The molecule has 0 N–H and O–H groups in total. The van der Waals surface area contributed by atoms with Gasteiger partial charge in [-0.25, -0.2) is 0 Å². The molecule has 0 aromatic heterocycles. The van der Waals surface area contributed by atoms with Crippen LogP contribution in [0.4, 0.5) is 5.69 Å². The van der Waals surface area contributed by atoms with E-state index in [2.05, 4.69) is 0 Å². The maximum atomic E-state index is 12.3. The molecule has 0 radical (unpaired) electrons. The van der Waals surface area contributed by atoms with Crippen LogP contribution in [-0.2, 0) is 9.59 Å². The number of nitrogens with zero attached hydrogens (tertiary/aromatic N) is 1. The molecule has 0 fully saturated rings. The number of amides is 1. The minimum atomic E-state index is -0.557. The molecule has 0 aliphatic carbocycles. The lowest BCUT2D eigenvalue weighted by Gasteiger charge is -2.34. The van der Waals surface area contributed by atoms with E-state index in [0.717, 1.165) is 5.56 Å². The number of aryl methyl sites for hydroxylation is 1. The lowest BCUT2D eigenvalue weighted by Crippen LogP contribution is -2.48. The lowest BCUT2D eigenvalue weighted by atomic mass is 9.90. The molecule has 4 heteroatoms. The highest BCUT2D eigenvalue weighted by Crippen LogP contribution is 2.35. The molecular formula is C16H21NO3. The van der Waals surface area contributed by atoms with Gasteiger partial charge in [-0.15, -0.1) is 0 Å². The Morgan fingerprint density at radius 1 is 1.35 bits per heavy atom. The third kappa shape index (κ3) is 2.69. The van der Waals surface area contributed by atoms with Crippen LogP contribution in [0.3, 0.4) is 0 Å². The summed E-state index contributed by atoms with van der Waals surface area (Å²) < 4.78 is 5.59. The van der Waals surface area contributed by atoms with Crippen molar-refractivity contribution in [2.24, 2.45) is 5.41 Å². The first kappa shape index (κ1) is 14.6. The fraction of sp³-hybridized carbons (Fsp3) is 0.500. The molecule has 0 spiro atoms. The van der Waals surface area contributed by atoms with E-state index in [1.165, 1.54) is 0 Å². The number of hydrogen-bond acceptors (Lipinski definition) is 3. The monoisotopic (exact) mass is 275 g/mol. The van der Waals surface area contributed by atoms with E-state index in [-0.39, 0.29) is 18.2 Å². The number of benzene rings is 1. The molecule has 1 aromatic carbocycles. The summed E-state index contributed by atoms with van der Waals surface area (Å²) >= 11 is 0. The zero-order valence-corrected chi connectivity index (χ0v) is 12.7. The minimum absolute atomic E-state index is 0.0346. The van der Waals surface area contributed by atoms with E-state index in [1.807, 2.05) is 45.9 Å². The average Bonchev–Trinajstić information content (AvgIpc) is 2.34. The van der Waals surface area contributed by atoms with Crippen molar-refractivity contribution in [3.63, 3.8) is 0 Å². The number of anilines is 1. The quantitative estimate of drug-likeness (QED) is 0.833. The second-order valence-corrected chi connectivity index (χ2v) is 6.33. The maximum absolute atomic E-state index is 12.3. The largest absolute Gasteiger partial charge is 0.479 e. The summed E-state index contributed by atoms with van der Waals surface area (Å²) in [6.07, 6.45) is -0.557. The highest BCUT2D eigenvalue weighted by Gasteiger charge is 2.34. The van der Waals surface area contributed by atoms with Crippen LogP contribution in [0, 0.1) is 12.3 Å². The number of carbonyl (C=O) groups excluding carboxylic acids is 2. The molecule has 0 saturated carbocycles. The molecule has 1 heterocycles. The van der Waals surface area contributed by atoms with Crippen LogP contribution in [0.25, 0.3) is 0 Å². The van der Waals surface area contributed by atoms with Gasteiger partial charge in [0.2, 0.25) is 0 Å². The molecule has 4 nitrogen and oxygen atoms in total. The van der Waals surface area contributed by atoms with E-state index < -0.39 is 11.5 Å². The number of hydrogen-bond donors (Lipinski definition) is 0. The van der Waals surface area contributed by atoms with E-state index in [9.17, 15) is 9.59 Å². The van der Waals surface area contributed by atoms with Crippen molar-refractivity contribution in [2.45, 2.75) is 40.7 Å². The Hall–Kier alpha value is -1.84. The van der Waals surface area contributed by atoms with Crippen LogP contribution < -0.4 is 9.64 Å². The number of ether oxygens (including phenoxy) is 1. The molecular weight excluding hydrogens is 254 g/mol. The minimum Gasteiger partial charge on any atom is -0.479 e. The zero-order chi connectivity index (χ0) is 15.1. The van der Waals surface area contributed by atoms with Gasteiger partial charge >= 0.3 is 0 Å². The number of fused-ring (bicyclic) bond motifs is 1. The van der Waals surface area contributed by atoms with Gasteiger partial charge in [0.15, 0.2) is 11.9 Å². The third-order valence-electron chi connectivity index (χ3n) is 3.46. The van der Waals surface area contributed by atoms with Crippen LogP contribution >= 0.6 is 0 Å². The van der Waals surface area contributed by atoms with Crippen molar-refractivity contribution >= 4 is 17.4 Å². The van der Waals surface area contributed by atoms with Gasteiger partial charge < -0.3 is 4.74 Å². The van der Waals surface area contributed by atoms with Crippen LogP contribution in [-0.4, -0.2) is 24.3 Å². The van der Waals surface area contributed by atoms with Crippen LogP contribution in [0.5, 0.6) is 5.75 Å². The fourth-order valence-electron chi connectivity index (χ4n) is 2.06. The summed E-state index contributed by atoms with van der Waals surface area (Å²) in [5, 5.41) is 0. The van der Waals surface area contributed by atoms with Gasteiger partial charge in [-0.3, -0.25) is 14.5 Å². The van der Waals surface area contributed by atoms with Crippen LogP contribution in [0.1, 0.15) is 33.3 Å². The maximum Gasteiger partial charge on any atom is 0.268 e.